The lowest BCUT2D eigenvalue weighted by Gasteiger charge is -2.05. The number of nitriles is 1. The zero-order valence-electron chi connectivity index (χ0n) is 12.2. The van der Waals surface area contributed by atoms with E-state index in [4.69, 9.17) is 16.9 Å². The molecular weight excluding hydrogens is 286 g/mol. The van der Waals surface area contributed by atoms with E-state index in [9.17, 15) is 4.79 Å². The predicted octanol–water partition coefficient (Wildman–Crippen LogP) is 2.28. The van der Waals surface area contributed by atoms with Gasteiger partial charge in [-0.2, -0.15) is 5.26 Å². The standard InChI is InChI=1S/C16H20ClN3O/c1-13-3-5-14(6-4-13)7-10-19-12-15(11-18)16(21)20-9-2-8-17/h3-6,12,19H,2,7-10H2,1H3,(H,20,21)/b15-12-. The zero-order valence-corrected chi connectivity index (χ0v) is 12.9. The first kappa shape index (κ1) is 17.1. The summed E-state index contributed by atoms with van der Waals surface area (Å²) in [5.41, 5.74) is 2.52. The number of hydrogen-bond donors (Lipinski definition) is 2. The Hall–Kier alpha value is -1.99. The van der Waals surface area contributed by atoms with E-state index in [1.54, 1.807) is 0 Å². The van der Waals surface area contributed by atoms with E-state index >= 15 is 0 Å². The van der Waals surface area contributed by atoms with Crippen molar-refractivity contribution in [2.24, 2.45) is 0 Å². The van der Waals surface area contributed by atoms with Gasteiger partial charge in [0.15, 0.2) is 0 Å². The van der Waals surface area contributed by atoms with E-state index in [1.807, 2.05) is 13.0 Å². The summed E-state index contributed by atoms with van der Waals surface area (Å²) in [6.07, 6.45) is 2.99. The molecular formula is C16H20ClN3O. The summed E-state index contributed by atoms with van der Waals surface area (Å²) in [4.78, 5) is 11.7. The Balaban J connectivity index is 2.37. The second-order valence-corrected chi connectivity index (χ2v) is 5.04. The number of nitrogens with zero attached hydrogens (tertiary/aromatic N) is 1. The van der Waals surface area contributed by atoms with Crippen molar-refractivity contribution in [3.05, 3.63) is 47.2 Å². The third kappa shape index (κ3) is 6.82. The van der Waals surface area contributed by atoms with Gasteiger partial charge in [0, 0.05) is 25.2 Å². The van der Waals surface area contributed by atoms with Crippen molar-refractivity contribution < 1.29 is 4.79 Å². The summed E-state index contributed by atoms with van der Waals surface area (Å²) >= 11 is 5.53. The Morgan fingerprint density at radius 1 is 1.33 bits per heavy atom. The van der Waals surface area contributed by atoms with Gasteiger partial charge in [-0.05, 0) is 25.3 Å². The Bertz CT molecular complexity index is 517. The molecule has 2 N–H and O–H groups in total. The molecule has 5 heteroatoms. The quantitative estimate of drug-likeness (QED) is 0.335. The van der Waals surface area contributed by atoms with Gasteiger partial charge in [-0.15, -0.1) is 11.6 Å². The second-order valence-electron chi connectivity index (χ2n) is 4.66. The number of nitrogens with one attached hydrogen (secondary N) is 2. The van der Waals surface area contributed by atoms with Gasteiger partial charge in [0.25, 0.3) is 5.91 Å². The van der Waals surface area contributed by atoms with Crippen LogP contribution < -0.4 is 10.6 Å². The predicted molar refractivity (Wildman–Crippen MR) is 84.9 cm³/mol. The van der Waals surface area contributed by atoms with Crippen molar-refractivity contribution in [2.75, 3.05) is 19.0 Å². The SMILES string of the molecule is Cc1ccc(CCN/C=C(/C#N)C(=O)NCCCCl)cc1. The first-order valence-electron chi connectivity index (χ1n) is 6.90. The molecule has 0 atom stereocenters. The van der Waals surface area contributed by atoms with E-state index in [2.05, 4.69) is 34.9 Å². The average Bonchev–Trinajstić information content (AvgIpc) is 2.49. The number of amides is 1. The molecule has 4 nitrogen and oxygen atoms in total. The van der Waals surface area contributed by atoms with Crippen molar-refractivity contribution in [3.8, 4) is 6.07 Å². The molecule has 0 radical (unpaired) electrons. The van der Waals surface area contributed by atoms with Crippen LogP contribution in [-0.2, 0) is 11.2 Å². The second kappa shape index (κ2) is 9.84. The number of halogens is 1. The molecule has 0 saturated heterocycles. The number of benzene rings is 1. The zero-order chi connectivity index (χ0) is 15.5. The highest BCUT2D eigenvalue weighted by molar-refractivity contribution is 6.17. The van der Waals surface area contributed by atoms with Gasteiger partial charge in [-0.1, -0.05) is 29.8 Å². The molecule has 0 spiro atoms. The third-order valence-corrected chi connectivity index (χ3v) is 3.15. The number of carbonyl (C=O) groups is 1. The molecule has 0 fully saturated rings. The summed E-state index contributed by atoms with van der Waals surface area (Å²) in [5.74, 6) is 0.117. The van der Waals surface area contributed by atoms with Crippen LogP contribution in [-0.4, -0.2) is 24.9 Å². The Kier molecular flexibility index (Phi) is 8.00. The van der Waals surface area contributed by atoms with Crippen molar-refractivity contribution >= 4 is 17.5 Å². The molecule has 0 bridgehead atoms. The summed E-state index contributed by atoms with van der Waals surface area (Å²) in [6.45, 7) is 3.20. The number of rotatable bonds is 8. The van der Waals surface area contributed by atoms with Crippen LogP contribution in [0.1, 0.15) is 17.5 Å². The highest BCUT2D eigenvalue weighted by atomic mass is 35.5. The van der Waals surface area contributed by atoms with Crippen LogP contribution in [0.2, 0.25) is 0 Å². The molecule has 1 rings (SSSR count). The van der Waals surface area contributed by atoms with Crippen LogP contribution in [0.4, 0.5) is 0 Å². The number of carbonyl (C=O) groups excluding carboxylic acids is 1. The van der Waals surface area contributed by atoms with E-state index in [0.717, 1.165) is 6.42 Å². The Morgan fingerprint density at radius 2 is 2.05 bits per heavy atom. The highest BCUT2D eigenvalue weighted by Crippen LogP contribution is 2.03. The van der Waals surface area contributed by atoms with Crippen molar-refractivity contribution in [1.82, 2.24) is 10.6 Å². The molecule has 21 heavy (non-hydrogen) atoms. The third-order valence-electron chi connectivity index (χ3n) is 2.89. The van der Waals surface area contributed by atoms with E-state index in [-0.39, 0.29) is 11.5 Å². The van der Waals surface area contributed by atoms with Crippen LogP contribution in [0.3, 0.4) is 0 Å². The fraction of sp³-hybridized carbons (Fsp3) is 0.375. The average molecular weight is 306 g/mol. The summed E-state index contributed by atoms with van der Waals surface area (Å²) < 4.78 is 0. The lowest BCUT2D eigenvalue weighted by atomic mass is 10.1. The lowest BCUT2D eigenvalue weighted by Crippen LogP contribution is -2.27. The fourth-order valence-electron chi connectivity index (χ4n) is 1.66. The first-order valence-corrected chi connectivity index (χ1v) is 7.44. The van der Waals surface area contributed by atoms with Gasteiger partial charge >= 0.3 is 0 Å². The first-order chi connectivity index (χ1) is 10.2. The summed E-state index contributed by atoms with van der Waals surface area (Å²) in [6, 6.07) is 10.2. The van der Waals surface area contributed by atoms with Crippen LogP contribution in [0.15, 0.2) is 36.0 Å². The largest absolute Gasteiger partial charge is 0.389 e. The molecule has 1 aromatic carbocycles. The Morgan fingerprint density at radius 3 is 2.67 bits per heavy atom. The minimum absolute atomic E-state index is 0.0773. The van der Waals surface area contributed by atoms with Crippen molar-refractivity contribution in [2.45, 2.75) is 19.8 Å². The monoisotopic (exact) mass is 305 g/mol. The van der Waals surface area contributed by atoms with Crippen LogP contribution in [0.5, 0.6) is 0 Å². The molecule has 112 valence electrons. The normalized spacial score (nSPS) is 10.8. The van der Waals surface area contributed by atoms with Gasteiger partial charge in [0.2, 0.25) is 0 Å². The lowest BCUT2D eigenvalue weighted by molar-refractivity contribution is -0.117. The molecule has 1 amide bonds. The van der Waals surface area contributed by atoms with Crippen molar-refractivity contribution in [1.29, 1.82) is 5.26 Å². The molecule has 0 aromatic heterocycles. The highest BCUT2D eigenvalue weighted by Gasteiger charge is 2.07. The molecule has 0 unspecified atom stereocenters. The molecule has 1 aromatic rings. The molecule has 0 aliphatic heterocycles. The molecule has 0 aliphatic rings. The summed E-state index contributed by atoms with van der Waals surface area (Å²) in [5, 5.41) is 14.6. The van der Waals surface area contributed by atoms with E-state index < -0.39 is 0 Å². The van der Waals surface area contributed by atoms with Crippen LogP contribution in [0.25, 0.3) is 0 Å². The molecule has 0 saturated carbocycles. The minimum atomic E-state index is -0.370. The Labute approximate surface area is 130 Å². The van der Waals surface area contributed by atoms with Gasteiger partial charge in [-0.25, -0.2) is 0 Å². The van der Waals surface area contributed by atoms with E-state index in [0.29, 0.717) is 25.4 Å². The van der Waals surface area contributed by atoms with Crippen molar-refractivity contribution in [3.63, 3.8) is 0 Å². The van der Waals surface area contributed by atoms with Crippen LogP contribution in [0, 0.1) is 18.3 Å². The molecule has 0 aliphatic carbocycles. The maximum Gasteiger partial charge on any atom is 0.263 e. The van der Waals surface area contributed by atoms with E-state index in [1.165, 1.54) is 17.3 Å². The number of alkyl halides is 1. The van der Waals surface area contributed by atoms with Gasteiger partial charge in [-0.3, -0.25) is 4.79 Å². The topological polar surface area (TPSA) is 64.9 Å². The van der Waals surface area contributed by atoms with Gasteiger partial charge < -0.3 is 10.6 Å². The number of hydrogen-bond acceptors (Lipinski definition) is 3. The number of aryl methyl sites for hydroxylation is 1. The van der Waals surface area contributed by atoms with Gasteiger partial charge in [0.1, 0.15) is 11.6 Å². The summed E-state index contributed by atoms with van der Waals surface area (Å²) in [7, 11) is 0. The smallest absolute Gasteiger partial charge is 0.263 e. The maximum absolute atomic E-state index is 11.7. The minimum Gasteiger partial charge on any atom is -0.389 e. The molecule has 0 heterocycles. The van der Waals surface area contributed by atoms with Crippen LogP contribution >= 0.6 is 11.6 Å². The maximum atomic E-state index is 11.7. The fourth-order valence-corrected chi connectivity index (χ4v) is 1.79. The van der Waals surface area contributed by atoms with Gasteiger partial charge in [0.05, 0.1) is 0 Å².